The fraction of sp³-hybridized carbons (Fsp3) is 1.00. The number of hydrogen-bond acceptors (Lipinski definition) is 5. The Morgan fingerprint density at radius 2 is 1.32 bits per heavy atom. The first-order chi connectivity index (χ1) is 8.74. The van der Waals surface area contributed by atoms with Crippen molar-refractivity contribution >= 4 is 21.9 Å². The minimum absolute atomic E-state index is 0.992. The maximum atomic E-state index is 5.05. The molecule has 19 heavy (non-hydrogen) atoms. The van der Waals surface area contributed by atoms with Gasteiger partial charge in [0.05, 0.1) is 7.21 Å². The molecular weight excluding hydrogens is 295 g/mol. The Morgan fingerprint density at radius 1 is 0.737 bits per heavy atom. The maximum absolute atomic E-state index is 5.05. The van der Waals surface area contributed by atoms with Crippen molar-refractivity contribution < 1.29 is 0 Å². The number of hydrogen-bond donors (Lipinski definition) is 2. The summed E-state index contributed by atoms with van der Waals surface area (Å²) in [5.41, 5.74) is 0. The van der Waals surface area contributed by atoms with E-state index in [0.717, 1.165) is 19.5 Å². The van der Waals surface area contributed by atoms with Crippen LogP contribution >= 0.6 is 21.9 Å². The van der Waals surface area contributed by atoms with Crippen molar-refractivity contribution in [3.8, 4) is 0 Å². The van der Waals surface area contributed by atoms with Crippen LogP contribution in [0.3, 0.4) is 0 Å². The van der Waals surface area contributed by atoms with Crippen molar-refractivity contribution in [3.05, 3.63) is 0 Å². The lowest BCUT2D eigenvalue weighted by atomic mass is 10.3. The smallest absolute Gasteiger partial charge is 0.141 e. The average Bonchev–Trinajstić information content (AvgIpc) is 2.23. The fourth-order valence-electron chi connectivity index (χ4n) is 2.16. The summed E-state index contributed by atoms with van der Waals surface area (Å²) < 4.78 is 15.0. The van der Waals surface area contributed by atoms with Crippen molar-refractivity contribution in [3.63, 3.8) is 0 Å². The van der Waals surface area contributed by atoms with Gasteiger partial charge >= 0.3 is 0 Å². The molecule has 2 unspecified atom stereocenters. The quantitative estimate of drug-likeness (QED) is 0.506. The molecule has 1 aliphatic rings. The maximum Gasteiger partial charge on any atom is 0.141 e. The molecule has 0 saturated carbocycles. The summed E-state index contributed by atoms with van der Waals surface area (Å²) in [6.45, 7) is 15.2. The van der Waals surface area contributed by atoms with Crippen LogP contribution in [0.4, 0.5) is 0 Å². The van der Waals surface area contributed by atoms with E-state index in [2.05, 4.69) is 50.7 Å². The van der Waals surface area contributed by atoms with Gasteiger partial charge in [-0.15, -0.1) is 0 Å². The molecule has 0 aromatic carbocycles. The van der Waals surface area contributed by atoms with Gasteiger partial charge in [-0.1, -0.05) is 20.3 Å². The van der Waals surface area contributed by atoms with Crippen LogP contribution in [0.2, 0.25) is 0 Å². The fourth-order valence-corrected chi connectivity index (χ4v) is 15.3. The predicted octanol–water partition coefficient (Wildman–Crippen LogP) is 5.09. The van der Waals surface area contributed by atoms with Gasteiger partial charge in [-0.25, -0.2) is 13.5 Å². The van der Waals surface area contributed by atoms with Crippen LogP contribution in [-0.2, 0) is 0 Å². The summed E-state index contributed by atoms with van der Waals surface area (Å²) in [5, 5.41) is 7.20. The van der Waals surface area contributed by atoms with Crippen molar-refractivity contribution in [2.24, 2.45) is 13.5 Å². The van der Waals surface area contributed by atoms with Gasteiger partial charge in [-0.2, -0.15) is 0 Å². The topological polar surface area (TPSA) is 61.1 Å². The summed E-state index contributed by atoms with van der Waals surface area (Å²) in [6.07, 6.45) is 3.51. The average molecular weight is 325 g/mol. The van der Waals surface area contributed by atoms with Crippen LogP contribution in [0.15, 0.2) is 13.5 Å². The summed E-state index contributed by atoms with van der Waals surface area (Å²) in [4.78, 5) is 0. The van der Waals surface area contributed by atoms with Gasteiger partial charge in [-0.3, -0.25) is 10.2 Å². The van der Waals surface area contributed by atoms with Crippen molar-refractivity contribution in [2.75, 3.05) is 39.7 Å². The summed E-state index contributed by atoms with van der Waals surface area (Å²) in [6, 6.07) is 0. The second kappa shape index (κ2) is 7.05. The molecule has 2 N–H and O–H groups in total. The Labute approximate surface area is 119 Å². The first-order valence-corrected chi connectivity index (χ1v) is 13.9. The zero-order chi connectivity index (χ0) is 14.6. The van der Waals surface area contributed by atoms with E-state index in [4.69, 9.17) is 13.5 Å². The SMILES string of the molecule is CCCCNP1(C)=NP(C)(C)=NP(C)(NCCC)=N1. The molecule has 114 valence electrons. The Morgan fingerprint density at radius 3 is 1.89 bits per heavy atom. The van der Waals surface area contributed by atoms with Crippen molar-refractivity contribution in [1.82, 2.24) is 10.2 Å². The van der Waals surface area contributed by atoms with Gasteiger partial charge in [0.1, 0.15) is 14.7 Å². The molecule has 1 heterocycles. The van der Waals surface area contributed by atoms with Crippen LogP contribution in [-0.4, -0.2) is 39.7 Å². The monoisotopic (exact) mass is 325 g/mol. The molecule has 0 radical (unpaired) electrons. The third-order valence-corrected chi connectivity index (χ3v) is 13.5. The Bertz CT molecular complexity index is 463. The largest absolute Gasteiger partial charge is 0.266 e. The van der Waals surface area contributed by atoms with Crippen molar-refractivity contribution in [1.29, 1.82) is 0 Å². The number of unbranched alkanes of at least 4 members (excludes halogenated alkanes) is 1. The van der Waals surface area contributed by atoms with Crippen LogP contribution in [0.5, 0.6) is 0 Å². The standard InChI is InChI=1S/C11H30N5P3/c1-7-9-11-13-19(6)15-17(3,4)14-18(5,16-19)12-10-8-2/h12-13H,7-11H2,1-6H3. The molecule has 8 heteroatoms. The summed E-state index contributed by atoms with van der Waals surface area (Å²) in [5.74, 6) is 0. The number of nitrogens with one attached hydrogen (secondary N) is 2. The molecule has 0 aliphatic carbocycles. The van der Waals surface area contributed by atoms with E-state index in [0.29, 0.717) is 0 Å². The van der Waals surface area contributed by atoms with Crippen molar-refractivity contribution in [2.45, 2.75) is 33.1 Å². The second-order valence-corrected chi connectivity index (χ2v) is 14.7. The van der Waals surface area contributed by atoms with Gasteiger partial charge in [0.15, 0.2) is 0 Å². The molecule has 1 rings (SSSR count). The molecule has 0 amide bonds. The van der Waals surface area contributed by atoms with Gasteiger partial charge in [0.2, 0.25) is 0 Å². The van der Waals surface area contributed by atoms with E-state index >= 15 is 0 Å². The number of rotatable bonds is 7. The first kappa shape index (κ1) is 17.7. The van der Waals surface area contributed by atoms with E-state index in [1.54, 1.807) is 0 Å². The highest BCUT2D eigenvalue weighted by Gasteiger charge is 2.26. The summed E-state index contributed by atoms with van der Waals surface area (Å²) in [7, 11) is -5.00. The zero-order valence-corrected chi connectivity index (χ0v) is 15.9. The third kappa shape index (κ3) is 5.86. The van der Waals surface area contributed by atoms with E-state index in [-0.39, 0.29) is 0 Å². The minimum Gasteiger partial charge on any atom is -0.266 e. The van der Waals surface area contributed by atoms with Gasteiger partial charge < -0.3 is 0 Å². The molecule has 5 nitrogen and oxygen atoms in total. The predicted molar refractivity (Wildman–Crippen MR) is 92.9 cm³/mol. The molecule has 0 saturated heterocycles. The second-order valence-electron chi connectivity index (χ2n) is 5.60. The highest BCUT2D eigenvalue weighted by atomic mass is 31.3. The molecule has 0 aromatic rings. The van der Waals surface area contributed by atoms with E-state index in [9.17, 15) is 0 Å². The molecule has 0 bridgehead atoms. The lowest BCUT2D eigenvalue weighted by Gasteiger charge is -2.31. The van der Waals surface area contributed by atoms with Crippen LogP contribution < -0.4 is 10.2 Å². The molecule has 0 spiro atoms. The Hall–Kier alpha value is 0.610. The Balaban J connectivity index is 3.05. The van der Waals surface area contributed by atoms with Gasteiger partial charge in [0, 0.05) is 26.4 Å². The lowest BCUT2D eigenvalue weighted by molar-refractivity contribution is 0.768. The zero-order valence-electron chi connectivity index (χ0n) is 13.2. The molecular formula is C11H30N5P3. The first-order valence-electron chi connectivity index (χ1n) is 7.06. The molecule has 0 fully saturated rings. The van der Waals surface area contributed by atoms with E-state index in [1.165, 1.54) is 12.8 Å². The normalized spacial score (nSPS) is 33.2. The molecule has 0 aromatic heterocycles. The van der Waals surface area contributed by atoms with E-state index in [1.807, 2.05) is 0 Å². The van der Waals surface area contributed by atoms with Gasteiger partial charge in [-0.05, 0) is 26.2 Å². The highest BCUT2D eigenvalue weighted by molar-refractivity contribution is 7.85. The minimum atomic E-state index is -1.73. The van der Waals surface area contributed by atoms with Crippen LogP contribution in [0.25, 0.3) is 0 Å². The lowest BCUT2D eigenvalue weighted by Crippen LogP contribution is -2.14. The number of nitrogens with zero attached hydrogens (tertiary/aromatic N) is 3. The third-order valence-electron chi connectivity index (χ3n) is 2.74. The Kier molecular flexibility index (Phi) is 6.55. The van der Waals surface area contributed by atoms with Crippen LogP contribution in [0.1, 0.15) is 33.1 Å². The highest BCUT2D eigenvalue weighted by Crippen LogP contribution is 2.71. The molecule has 2 atom stereocenters. The summed E-state index contributed by atoms with van der Waals surface area (Å²) >= 11 is 0. The van der Waals surface area contributed by atoms with E-state index < -0.39 is 21.9 Å². The van der Waals surface area contributed by atoms with Crippen LogP contribution in [0, 0.1) is 0 Å². The molecule has 1 aliphatic heterocycles. The van der Waals surface area contributed by atoms with Gasteiger partial charge in [0.25, 0.3) is 0 Å².